The average Bonchev–Trinajstić information content (AvgIpc) is 2.64. The highest BCUT2D eigenvalue weighted by Crippen LogP contribution is 2.32. The van der Waals surface area contributed by atoms with Crippen molar-refractivity contribution < 1.29 is 14.2 Å². The molecule has 2 aromatic rings. The van der Waals surface area contributed by atoms with Gasteiger partial charge in [-0.3, -0.25) is 0 Å². The molecule has 0 saturated carbocycles. The van der Waals surface area contributed by atoms with Gasteiger partial charge in [0.1, 0.15) is 6.61 Å². The summed E-state index contributed by atoms with van der Waals surface area (Å²) in [6, 6.07) is 11.3. The van der Waals surface area contributed by atoms with E-state index in [1.165, 1.54) is 0 Å². The van der Waals surface area contributed by atoms with Crippen LogP contribution in [0.15, 0.2) is 36.4 Å². The van der Waals surface area contributed by atoms with Crippen molar-refractivity contribution in [3.8, 4) is 11.5 Å². The van der Waals surface area contributed by atoms with E-state index >= 15 is 0 Å². The van der Waals surface area contributed by atoms with E-state index in [2.05, 4.69) is 5.32 Å². The monoisotopic (exact) mass is 411 g/mol. The van der Waals surface area contributed by atoms with Crippen LogP contribution >= 0.6 is 23.2 Å². The van der Waals surface area contributed by atoms with Gasteiger partial charge >= 0.3 is 0 Å². The van der Waals surface area contributed by atoms with E-state index in [1.54, 1.807) is 19.2 Å². The third-order valence-corrected chi connectivity index (χ3v) is 4.52. The zero-order valence-electron chi connectivity index (χ0n) is 16.1. The van der Waals surface area contributed by atoms with Crippen LogP contribution in [0.25, 0.3) is 0 Å². The fourth-order valence-electron chi connectivity index (χ4n) is 2.55. The first-order chi connectivity index (χ1) is 13.0. The molecule has 1 N–H and O–H groups in total. The highest BCUT2D eigenvalue weighted by molar-refractivity contribution is 6.35. The van der Waals surface area contributed by atoms with E-state index in [1.807, 2.05) is 38.1 Å². The lowest BCUT2D eigenvalue weighted by Gasteiger charge is -2.16. The molecule has 0 aromatic heterocycles. The number of hydrogen-bond donors (Lipinski definition) is 1. The summed E-state index contributed by atoms with van der Waals surface area (Å²) >= 11 is 12.2. The van der Waals surface area contributed by atoms with Gasteiger partial charge in [0.2, 0.25) is 0 Å². The van der Waals surface area contributed by atoms with E-state index in [0.717, 1.165) is 36.4 Å². The topological polar surface area (TPSA) is 39.7 Å². The van der Waals surface area contributed by atoms with Crippen molar-refractivity contribution >= 4 is 23.2 Å². The summed E-state index contributed by atoms with van der Waals surface area (Å²) in [5.74, 6) is 1.42. The number of ether oxygens (including phenoxy) is 3. The van der Waals surface area contributed by atoms with Crippen LogP contribution in [0.3, 0.4) is 0 Å². The molecular formula is C21H27Cl2NO3. The molecule has 0 radical (unpaired) electrons. The zero-order chi connectivity index (χ0) is 19.6. The molecule has 4 nitrogen and oxygen atoms in total. The van der Waals surface area contributed by atoms with Crippen molar-refractivity contribution in [1.29, 1.82) is 0 Å². The molecule has 0 fully saturated rings. The smallest absolute Gasteiger partial charge is 0.166 e. The van der Waals surface area contributed by atoms with Gasteiger partial charge in [0.15, 0.2) is 11.5 Å². The molecule has 0 aliphatic heterocycles. The molecule has 148 valence electrons. The van der Waals surface area contributed by atoms with Crippen molar-refractivity contribution in [3.05, 3.63) is 57.6 Å². The van der Waals surface area contributed by atoms with E-state index in [0.29, 0.717) is 28.9 Å². The number of halogens is 2. The van der Waals surface area contributed by atoms with Crippen LogP contribution in [0.2, 0.25) is 10.0 Å². The first kappa shape index (κ1) is 21.8. The Balaban J connectivity index is 1.97. The quantitative estimate of drug-likeness (QED) is 0.496. The molecule has 0 heterocycles. The standard InChI is InChI=1S/C21H27Cl2NO3/c1-15(2)26-11-5-10-24-13-16-6-4-7-20(25-3)21(16)27-14-17-8-9-18(22)12-19(17)23/h4,6-9,12,15,24H,5,10-11,13-14H2,1-3H3. The maximum atomic E-state index is 6.24. The second-order valence-corrected chi connectivity index (χ2v) is 7.27. The van der Waals surface area contributed by atoms with Gasteiger partial charge in [0.05, 0.1) is 13.2 Å². The molecule has 0 spiro atoms. The van der Waals surface area contributed by atoms with Crippen molar-refractivity contribution in [2.45, 2.75) is 39.5 Å². The van der Waals surface area contributed by atoms with Crippen LogP contribution < -0.4 is 14.8 Å². The fraction of sp³-hybridized carbons (Fsp3) is 0.429. The Hall–Kier alpha value is -1.46. The molecule has 0 saturated heterocycles. The Morgan fingerprint density at radius 1 is 1.07 bits per heavy atom. The average molecular weight is 412 g/mol. The molecule has 2 rings (SSSR count). The molecule has 6 heteroatoms. The first-order valence-corrected chi connectivity index (χ1v) is 9.81. The summed E-state index contributed by atoms with van der Waals surface area (Å²) in [7, 11) is 1.64. The number of rotatable bonds is 11. The number of benzene rings is 2. The molecule has 27 heavy (non-hydrogen) atoms. The van der Waals surface area contributed by atoms with Crippen LogP contribution in [0, 0.1) is 0 Å². The summed E-state index contributed by atoms with van der Waals surface area (Å²) in [6.07, 6.45) is 1.22. The predicted molar refractivity (Wildman–Crippen MR) is 111 cm³/mol. The Bertz CT molecular complexity index is 723. The van der Waals surface area contributed by atoms with Crippen molar-refractivity contribution in [2.24, 2.45) is 0 Å². The second kappa shape index (κ2) is 11.4. The molecule has 0 aliphatic carbocycles. The van der Waals surface area contributed by atoms with Crippen LogP contribution in [0.1, 0.15) is 31.4 Å². The Morgan fingerprint density at radius 3 is 2.59 bits per heavy atom. The van der Waals surface area contributed by atoms with Gasteiger partial charge in [-0.2, -0.15) is 0 Å². The summed E-state index contributed by atoms with van der Waals surface area (Å²) in [6.45, 7) is 6.72. The van der Waals surface area contributed by atoms with Crippen LogP contribution in [-0.2, 0) is 17.9 Å². The van der Waals surface area contributed by atoms with E-state index in [4.69, 9.17) is 37.4 Å². The summed E-state index contributed by atoms with van der Waals surface area (Å²) in [5, 5.41) is 4.61. The molecule has 0 amide bonds. The minimum atomic E-state index is 0.267. The minimum absolute atomic E-state index is 0.267. The van der Waals surface area contributed by atoms with Crippen molar-refractivity contribution in [3.63, 3.8) is 0 Å². The zero-order valence-corrected chi connectivity index (χ0v) is 17.6. The van der Waals surface area contributed by atoms with E-state index < -0.39 is 0 Å². The van der Waals surface area contributed by atoms with Gasteiger partial charge in [-0.05, 0) is 45.0 Å². The SMILES string of the molecule is COc1cccc(CNCCCOC(C)C)c1OCc1ccc(Cl)cc1Cl. The van der Waals surface area contributed by atoms with Crippen LogP contribution in [0.4, 0.5) is 0 Å². The second-order valence-electron chi connectivity index (χ2n) is 6.42. The Morgan fingerprint density at radius 2 is 1.89 bits per heavy atom. The van der Waals surface area contributed by atoms with Gasteiger partial charge in [0, 0.05) is 34.3 Å². The van der Waals surface area contributed by atoms with Crippen molar-refractivity contribution in [1.82, 2.24) is 5.32 Å². The van der Waals surface area contributed by atoms with Gasteiger partial charge in [0.25, 0.3) is 0 Å². The van der Waals surface area contributed by atoms with Crippen LogP contribution in [-0.4, -0.2) is 26.4 Å². The van der Waals surface area contributed by atoms with E-state index in [9.17, 15) is 0 Å². The number of nitrogens with one attached hydrogen (secondary N) is 1. The lowest BCUT2D eigenvalue weighted by molar-refractivity contribution is 0.0770. The lowest BCUT2D eigenvalue weighted by Crippen LogP contribution is -2.18. The number of methoxy groups -OCH3 is 1. The van der Waals surface area contributed by atoms with Gasteiger partial charge in [-0.15, -0.1) is 0 Å². The first-order valence-electron chi connectivity index (χ1n) is 9.06. The number of para-hydroxylation sites is 1. The molecule has 0 aliphatic rings. The number of hydrogen-bond acceptors (Lipinski definition) is 4. The molecular weight excluding hydrogens is 385 g/mol. The maximum Gasteiger partial charge on any atom is 0.166 e. The van der Waals surface area contributed by atoms with Crippen molar-refractivity contribution in [2.75, 3.05) is 20.3 Å². The molecule has 2 aromatic carbocycles. The third-order valence-electron chi connectivity index (χ3n) is 3.93. The summed E-state index contributed by atoms with van der Waals surface area (Å²) in [4.78, 5) is 0. The fourth-order valence-corrected chi connectivity index (χ4v) is 3.02. The Kier molecular flexibility index (Phi) is 9.22. The van der Waals surface area contributed by atoms with Crippen LogP contribution in [0.5, 0.6) is 11.5 Å². The molecule has 0 atom stereocenters. The summed E-state index contributed by atoms with van der Waals surface area (Å²) < 4.78 is 17.1. The van der Waals surface area contributed by atoms with Gasteiger partial charge < -0.3 is 19.5 Å². The normalized spacial score (nSPS) is 11.0. The predicted octanol–water partition coefficient (Wildman–Crippen LogP) is 5.49. The third kappa shape index (κ3) is 7.23. The Labute approximate surface area is 171 Å². The van der Waals surface area contributed by atoms with Gasteiger partial charge in [-0.25, -0.2) is 0 Å². The minimum Gasteiger partial charge on any atom is -0.493 e. The molecule has 0 bridgehead atoms. The highest BCUT2D eigenvalue weighted by atomic mass is 35.5. The van der Waals surface area contributed by atoms with E-state index in [-0.39, 0.29) is 6.10 Å². The molecule has 0 unspecified atom stereocenters. The largest absolute Gasteiger partial charge is 0.493 e. The lowest BCUT2D eigenvalue weighted by atomic mass is 10.1. The highest BCUT2D eigenvalue weighted by Gasteiger charge is 2.12. The van der Waals surface area contributed by atoms with Gasteiger partial charge in [-0.1, -0.05) is 41.4 Å². The summed E-state index contributed by atoms with van der Waals surface area (Å²) in [5.41, 5.74) is 1.90. The maximum absolute atomic E-state index is 6.24.